The number of alkyl halides is 1. The molecule has 1 rings (SSSR count). The van der Waals surface area contributed by atoms with Crippen molar-refractivity contribution in [3.63, 3.8) is 0 Å². The molecule has 1 aliphatic heterocycles. The van der Waals surface area contributed by atoms with E-state index in [1.165, 1.54) is 0 Å². The summed E-state index contributed by atoms with van der Waals surface area (Å²) in [5.41, 5.74) is 0. The predicted octanol–water partition coefficient (Wildman–Crippen LogP) is 1.83. The summed E-state index contributed by atoms with van der Waals surface area (Å²) in [7, 11) is 0. The maximum atomic E-state index is 12.7. The number of rotatable bonds is 1. The van der Waals surface area contributed by atoms with Crippen molar-refractivity contribution in [1.29, 1.82) is 0 Å². The van der Waals surface area contributed by atoms with E-state index in [4.69, 9.17) is 0 Å². The Morgan fingerprint density at radius 3 is 2.30 bits per heavy atom. The van der Waals surface area contributed by atoms with Gasteiger partial charge in [0.1, 0.15) is 6.17 Å². The minimum Gasteiger partial charge on any atom is -0.295 e. The van der Waals surface area contributed by atoms with Gasteiger partial charge in [-0.05, 0) is 27.2 Å². The SMILES string of the molecule is CC(C)N1C[C@@H](F)CC1C. The lowest BCUT2D eigenvalue weighted by atomic mass is 10.2. The van der Waals surface area contributed by atoms with Gasteiger partial charge in [0.15, 0.2) is 0 Å². The van der Waals surface area contributed by atoms with Gasteiger partial charge in [-0.2, -0.15) is 0 Å². The van der Waals surface area contributed by atoms with Crippen LogP contribution in [0.5, 0.6) is 0 Å². The highest BCUT2D eigenvalue weighted by Gasteiger charge is 2.29. The molecule has 0 aromatic carbocycles. The molecule has 0 aromatic heterocycles. The summed E-state index contributed by atoms with van der Waals surface area (Å²) >= 11 is 0. The molecule has 60 valence electrons. The smallest absolute Gasteiger partial charge is 0.114 e. The Morgan fingerprint density at radius 1 is 1.50 bits per heavy atom. The van der Waals surface area contributed by atoms with E-state index in [1.54, 1.807) is 0 Å². The summed E-state index contributed by atoms with van der Waals surface area (Å²) in [4.78, 5) is 2.21. The van der Waals surface area contributed by atoms with Crippen molar-refractivity contribution in [3.05, 3.63) is 0 Å². The zero-order valence-corrected chi connectivity index (χ0v) is 6.97. The molecule has 1 heterocycles. The molecular formula is C8H16FN. The third-order valence-electron chi connectivity index (χ3n) is 2.24. The van der Waals surface area contributed by atoms with E-state index < -0.39 is 6.17 Å². The number of halogens is 1. The lowest BCUT2D eigenvalue weighted by Gasteiger charge is -2.24. The first-order valence-corrected chi connectivity index (χ1v) is 4.01. The normalized spacial score (nSPS) is 35.7. The summed E-state index contributed by atoms with van der Waals surface area (Å²) in [6.07, 6.45) is 0.135. The molecule has 1 saturated heterocycles. The van der Waals surface area contributed by atoms with Gasteiger partial charge in [-0.3, -0.25) is 4.90 Å². The molecule has 2 heteroatoms. The highest BCUT2D eigenvalue weighted by atomic mass is 19.1. The molecule has 2 atom stereocenters. The van der Waals surface area contributed by atoms with Crippen molar-refractivity contribution in [2.45, 2.75) is 45.4 Å². The van der Waals surface area contributed by atoms with E-state index in [-0.39, 0.29) is 0 Å². The van der Waals surface area contributed by atoms with Gasteiger partial charge in [0.25, 0.3) is 0 Å². The maximum absolute atomic E-state index is 12.7. The van der Waals surface area contributed by atoms with Crippen molar-refractivity contribution in [3.8, 4) is 0 Å². The van der Waals surface area contributed by atoms with Crippen LogP contribution < -0.4 is 0 Å². The lowest BCUT2D eigenvalue weighted by Crippen LogP contribution is -2.33. The van der Waals surface area contributed by atoms with E-state index in [0.717, 1.165) is 6.42 Å². The van der Waals surface area contributed by atoms with Crippen LogP contribution in [0.4, 0.5) is 4.39 Å². The van der Waals surface area contributed by atoms with Crippen LogP contribution in [0.25, 0.3) is 0 Å². The standard InChI is InChI=1S/C8H16FN/c1-6(2)10-5-8(9)4-7(10)3/h6-8H,4-5H2,1-3H3/t7?,8-/m0/s1. The van der Waals surface area contributed by atoms with E-state index in [2.05, 4.69) is 25.7 Å². The van der Waals surface area contributed by atoms with Crippen LogP contribution in [0.15, 0.2) is 0 Å². The second-order valence-corrected chi connectivity index (χ2v) is 3.47. The van der Waals surface area contributed by atoms with Crippen molar-refractivity contribution in [2.24, 2.45) is 0 Å². The van der Waals surface area contributed by atoms with E-state index in [0.29, 0.717) is 18.6 Å². The molecule has 0 radical (unpaired) electrons. The molecule has 1 aliphatic rings. The zero-order chi connectivity index (χ0) is 7.72. The van der Waals surface area contributed by atoms with Crippen LogP contribution in [0.2, 0.25) is 0 Å². The number of nitrogens with zero attached hydrogens (tertiary/aromatic N) is 1. The van der Waals surface area contributed by atoms with E-state index >= 15 is 0 Å². The van der Waals surface area contributed by atoms with Crippen LogP contribution in [0, 0.1) is 0 Å². The molecule has 1 unspecified atom stereocenters. The van der Waals surface area contributed by atoms with Crippen LogP contribution in [-0.2, 0) is 0 Å². The summed E-state index contributed by atoms with van der Waals surface area (Å²) in [5.74, 6) is 0. The van der Waals surface area contributed by atoms with Gasteiger partial charge in [-0.15, -0.1) is 0 Å². The van der Waals surface area contributed by atoms with Gasteiger partial charge in [-0.1, -0.05) is 0 Å². The topological polar surface area (TPSA) is 3.24 Å². The maximum Gasteiger partial charge on any atom is 0.114 e. The predicted molar refractivity (Wildman–Crippen MR) is 40.8 cm³/mol. The average Bonchev–Trinajstić information content (AvgIpc) is 2.10. The fourth-order valence-electron chi connectivity index (χ4n) is 1.71. The number of hydrogen-bond donors (Lipinski definition) is 0. The Labute approximate surface area is 62.2 Å². The first-order valence-electron chi connectivity index (χ1n) is 4.01. The van der Waals surface area contributed by atoms with Gasteiger partial charge in [0.05, 0.1) is 0 Å². The first kappa shape index (κ1) is 7.99. The summed E-state index contributed by atoms with van der Waals surface area (Å²) < 4.78 is 12.7. The fourth-order valence-corrected chi connectivity index (χ4v) is 1.71. The van der Waals surface area contributed by atoms with Crippen LogP contribution in [-0.4, -0.2) is 29.7 Å². The molecule has 10 heavy (non-hydrogen) atoms. The summed E-state index contributed by atoms with van der Waals surface area (Å²) in [5, 5.41) is 0. The molecule has 0 bridgehead atoms. The van der Waals surface area contributed by atoms with Crippen molar-refractivity contribution in [1.82, 2.24) is 4.90 Å². The van der Waals surface area contributed by atoms with Gasteiger partial charge in [0.2, 0.25) is 0 Å². The second-order valence-electron chi connectivity index (χ2n) is 3.47. The molecular weight excluding hydrogens is 129 g/mol. The highest BCUT2D eigenvalue weighted by Crippen LogP contribution is 2.21. The van der Waals surface area contributed by atoms with Gasteiger partial charge < -0.3 is 0 Å². The quantitative estimate of drug-likeness (QED) is 0.544. The largest absolute Gasteiger partial charge is 0.295 e. The lowest BCUT2D eigenvalue weighted by molar-refractivity contribution is 0.205. The van der Waals surface area contributed by atoms with Crippen LogP contribution >= 0.6 is 0 Å². The van der Waals surface area contributed by atoms with E-state index in [9.17, 15) is 4.39 Å². The first-order chi connectivity index (χ1) is 4.61. The Hall–Kier alpha value is -0.110. The second kappa shape index (κ2) is 2.87. The molecule has 0 amide bonds. The third-order valence-corrected chi connectivity index (χ3v) is 2.24. The monoisotopic (exact) mass is 145 g/mol. The van der Waals surface area contributed by atoms with Gasteiger partial charge in [-0.25, -0.2) is 4.39 Å². The minimum absolute atomic E-state index is 0.440. The van der Waals surface area contributed by atoms with Gasteiger partial charge >= 0.3 is 0 Å². The molecule has 0 N–H and O–H groups in total. The van der Waals surface area contributed by atoms with Crippen LogP contribution in [0.1, 0.15) is 27.2 Å². The fraction of sp³-hybridized carbons (Fsp3) is 1.00. The molecule has 1 nitrogen and oxygen atoms in total. The minimum atomic E-state index is -0.586. The van der Waals surface area contributed by atoms with E-state index in [1.807, 2.05) is 0 Å². The van der Waals surface area contributed by atoms with Crippen molar-refractivity contribution in [2.75, 3.05) is 6.54 Å². The zero-order valence-electron chi connectivity index (χ0n) is 6.97. The highest BCUT2D eigenvalue weighted by molar-refractivity contribution is 4.83. The molecule has 0 aliphatic carbocycles. The summed E-state index contributed by atoms with van der Waals surface area (Å²) in [6, 6.07) is 0.936. The Balaban J connectivity index is 2.46. The molecule has 1 fully saturated rings. The number of likely N-dealkylation sites (tertiary alicyclic amines) is 1. The number of hydrogen-bond acceptors (Lipinski definition) is 1. The van der Waals surface area contributed by atoms with Crippen LogP contribution in [0.3, 0.4) is 0 Å². The van der Waals surface area contributed by atoms with Crippen molar-refractivity contribution >= 4 is 0 Å². The Morgan fingerprint density at radius 2 is 2.10 bits per heavy atom. The van der Waals surface area contributed by atoms with Gasteiger partial charge in [0, 0.05) is 18.6 Å². The average molecular weight is 145 g/mol. The third kappa shape index (κ3) is 1.48. The Bertz CT molecular complexity index is 114. The Kier molecular flexibility index (Phi) is 2.29. The molecule has 0 aromatic rings. The van der Waals surface area contributed by atoms with Crippen molar-refractivity contribution < 1.29 is 4.39 Å². The molecule has 0 spiro atoms. The molecule has 0 saturated carbocycles. The summed E-state index contributed by atoms with van der Waals surface area (Å²) in [6.45, 7) is 6.97.